The van der Waals surface area contributed by atoms with Gasteiger partial charge in [0, 0.05) is 5.56 Å². The van der Waals surface area contributed by atoms with E-state index in [2.05, 4.69) is 20.1 Å². The number of phenols is 1. The van der Waals surface area contributed by atoms with Crippen molar-refractivity contribution in [3.63, 3.8) is 0 Å². The molecule has 2 aromatic carbocycles. The lowest BCUT2D eigenvalue weighted by Crippen LogP contribution is -2.10. The molecule has 26 heavy (non-hydrogen) atoms. The van der Waals surface area contributed by atoms with Crippen molar-refractivity contribution in [2.75, 3.05) is 0 Å². The fourth-order valence-electron chi connectivity index (χ4n) is 2.88. The second-order valence-electron chi connectivity index (χ2n) is 5.78. The van der Waals surface area contributed by atoms with Gasteiger partial charge in [0.1, 0.15) is 29.0 Å². The van der Waals surface area contributed by atoms with Crippen molar-refractivity contribution in [1.82, 2.24) is 19.5 Å². The Bertz CT molecular complexity index is 1090. The molecule has 0 bridgehead atoms. The molecular formula is C19H16N6O. The van der Waals surface area contributed by atoms with Gasteiger partial charge in [0.15, 0.2) is 5.65 Å². The second kappa shape index (κ2) is 6.64. The van der Waals surface area contributed by atoms with Crippen LogP contribution >= 0.6 is 0 Å². The third-order valence-electron chi connectivity index (χ3n) is 4.07. The number of hydrazone groups is 1. The summed E-state index contributed by atoms with van der Waals surface area (Å²) in [6.07, 6.45) is 3.20. The van der Waals surface area contributed by atoms with Gasteiger partial charge >= 0.3 is 0 Å². The largest absolute Gasteiger partial charge is 0.508 e. The summed E-state index contributed by atoms with van der Waals surface area (Å²) in [5.74, 6) is 5.75. The predicted octanol–water partition coefficient (Wildman–Crippen LogP) is 2.29. The highest BCUT2D eigenvalue weighted by atomic mass is 16.3. The summed E-state index contributed by atoms with van der Waals surface area (Å²) in [6, 6.07) is 16.8. The standard InChI is InChI=1S/C19H16N6O/c20-24-16(14-7-4-8-15(26)9-14)17-18-19(22-11-21-17)25(12-23-18)10-13-5-2-1-3-6-13/h1-9,11-12,26H,10,20H2/b24-16+. The van der Waals surface area contributed by atoms with E-state index in [0.717, 1.165) is 5.56 Å². The van der Waals surface area contributed by atoms with E-state index in [1.165, 1.54) is 6.33 Å². The third kappa shape index (κ3) is 2.86. The maximum absolute atomic E-state index is 9.74. The van der Waals surface area contributed by atoms with Gasteiger partial charge in [-0.05, 0) is 17.7 Å². The molecular weight excluding hydrogens is 328 g/mol. The molecule has 0 spiro atoms. The molecule has 0 amide bonds. The van der Waals surface area contributed by atoms with Crippen LogP contribution in [-0.2, 0) is 6.54 Å². The van der Waals surface area contributed by atoms with Crippen LogP contribution in [0, 0.1) is 0 Å². The number of phenolic OH excluding ortho intramolecular Hbond substituents is 1. The maximum atomic E-state index is 9.74. The molecule has 3 N–H and O–H groups in total. The van der Waals surface area contributed by atoms with Crippen LogP contribution in [0.15, 0.2) is 72.4 Å². The summed E-state index contributed by atoms with van der Waals surface area (Å²) in [4.78, 5) is 13.2. The Morgan fingerprint density at radius 2 is 1.88 bits per heavy atom. The number of hydrogen-bond acceptors (Lipinski definition) is 6. The van der Waals surface area contributed by atoms with Crippen molar-refractivity contribution in [1.29, 1.82) is 0 Å². The lowest BCUT2D eigenvalue weighted by molar-refractivity contribution is 0.475. The van der Waals surface area contributed by atoms with Crippen LogP contribution in [0.25, 0.3) is 11.2 Å². The molecule has 0 fully saturated rings. The summed E-state index contributed by atoms with van der Waals surface area (Å²) in [6.45, 7) is 0.648. The SMILES string of the molecule is N/N=C(\c1cccc(O)c1)c1ncnc2c1ncn2Cc1ccccc1. The molecule has 0 aliphatic carbocycles. The Hall–Kier alpha value is -3.74. The molecule has 0 radical (unpaired) electrons. The Balaban J connectivity index is 1.79. The number of aromatic hydroxyl groups is 1. The number of nitrogens with two attached hydrogens (primary N) is 1. The van der Waals surface area contributed by atoms with Crippen LogP contribution in [0.3, 0.4) is 0 Å². The van der Waals surface area contributed by atoms with Crippen molar-refractivity contribution in [2.24, 2.45) is 10.9 Å². The fraction of sp³-hybridized carbons (Fsp3) is 0.0526. The minimum absolute atomic E-state index is 0.128. The monoisotopic (exact) mass is 344 g/mol. The van der Waals surface area contributed by atoms with E-state index in [1.54, 1.807) is 30.6 Å². The number of nitrogens with zero attached hydrogens (tertiary/aromatic N) is 5. The van der Waals surface area contributed by atoms with Crippen molar-refractivity contribution < 1.29 is 5.11 Å². The van der Waals surface area contributed by atoms with Gasteiger partial charge in [0.25, 0.3) is 0 Å². The second-order valence-corrected chi connectivity index (χ2v) is 5.78. The van der Waals surface area contributed by atoms with E-state index >= 15 is 0 Å². The van der Waals surface area contributed by atoms with Crippen LogP contribution in [0.5, 0.6) is 5.75 Å². The first-order chi connectivity index (χ1) is 12.8. The molecule has 0 saturated carbocycles. The minimum Gasteiger partial charge on any atom is -0.508 e. The highest BCUT2D eigenvalue weighted by Gasteiger charge is 2.17. The first kappa shape index (κ1) is 15.8. The first-order valence-corrected chi connectivity index (χ1v) is 8.03. The minimum atomic E-state index is 0.128. The van der Waals surface area contributed by atoms with Crippen LogP contribution < -0.4 is 5.84 Å². The lowest BCUT2D eigenvalue weighted by atomic mass is 10.1. The Kier molecular flexibility index (Phi) is 4.03. The molecule has 0 aliphatic heterocycles. The topological polar surface area (TPSA) is 102 Å². The zero-order valence-electron chi connectivity index (χ0n) is 13.8. The predicted molar refractivity (Wildman–Crippen MR) is 98.8 cm³/mol. The molecule has 0 aliphatic rings. The number of rotatable bonds is 4. The van der Waals surface area contributed by atoms with Crippen LogP contribution in [0.1, 0.15) is 16.8 Å². The van der Waals surface area contributed by atoms with Gasteiger partial charge in [-0.1, -0.05) is 42.5 Å². The Morgan fingerprint density at radius 3 is 2.65 bits per heavy atom. The molecule has 4 rings (SSSR count). The van der Waals surface area contributed by atoms with Crippen molar-refractivity contribution in [2.45, 2.75) is 6.54 Å². The van der Waals surface area contributed by atoms with Crippen molar-refractivity contribution >= 4 is 16.9 Å². The molecule has 4 aromatic rings. The van der Waals surface area contributed by atoms with Gasteiger partial charge in [-0.2, -0.15) is 5.10 Å². The van der Waals surface area contributed by atoms with Crippen LogP contribution in [0.2, 0.25) is 0 Å². The lowest BCUT2D eigenvalue weighted by Gasteiger charge is -2.07. The summed E-state index contributed by atoms with van der Waals surface area (Å²) in [7, 11) is 0. The zero-order valence-corrected chi connectivity index (χ0v) is 13.8. The smallest absolute Gasteiger partial charge is 0.164 e. The molecule has 7 nitrogen and oxygen atoms in total. The average Bonchev–Trinajstić information content (AvgIpc) is 3.07. The third-order valence-corrected chi connectivity index (χ3v) is 4.07. The number of benzene rings is 2. The molecule has 0 unspecified atom stereocenters. The quantitative estimate of drug-likeness (QED) is 0.336. The van der Waals surface area contributed by atoms with Gasteiger partial charge in [-0.3, -0.25) is 0 Å². The summed E-state index contributed by atoms with van der Waals surface area (Å²) >= 11 is 0. The summed E-state index contributed by atoms with van der Waals surface area (Å²) < 4.78 is 1.95. The van der Waals surface area contributed by atoms with Gasteiger partial charge in [0.2, 0.25) is 0 Å². The number of aromatic nitrogens is 4. The van der Waals surface area contributed by atoms with Crippen molar-refractivity contribution in [3.8, 4) is 5.75 Å². The van der Waals surface area contributed by atoms with Crippen LogP contribution in [0.4, 0.5) is 0 Å². The van der Waals surface area contributed by atoms with E-state index in [1.807, 2.05) is 34.9 Å². The van der Waals surface area contributed by atoms with E-state index in [9.17, 15) is 5.11 Å². The van der Waals surface area contributed by atoms with Gasteiger partial charge in [-0.15, -0.1) is 0 Å². The zero-order chi connectivity index (χ0) is 17.9. The Labute approximate surface area is 149 Å². The van der Waals surface area contributed by atoms with Gasteiger partial charge < -0.3 is 15.5 Å². The molecule has 2 aromatic heterocycles. The molecule has 7 heteroatoms. The normalized spacial score (nSPS) is 11.8. The molecule has 0 atom stereocenters. The number of imidazole rings is 1. The number of fused-ring (bicyclic) bond motifs is 1. The number of hydrogen-bond donors (Lipinski definition) is 2. The van der Waals surface area contributed by atoms with Crippen LogP contribution in [-0.4, -0.2) is 30.3 Å². The molecule has 128 valence electrons. The maximum Gasteiger partial charge on any atom is 0.164 e. The molecule has 2 heterocycles. The Morgan fingerprint density at radius 1 is 1.04 bits per heavy atom. The first-order valence-electron chi connectivity index (χ1n) is 8.03. The summed E-state index contributed by atoms with van der Waals surface area (Å²) in [5, 5.41) is 13.6. The molecule has 0 saturated heterocycles. The van der Waals surface area contributed by atoms with Gasteiger partial charge in [0.05, 0.1) is 12.9 Å². The van der Waals surface area contributed by atoms with Crippen molar-refractivity contribution in [3.05, 3.63) is 84.1 Å². The average molecular weight is 344 g/mol. The highest BCUT2D eigenvalue weighted by Crippen LogP contribution is 2.20. The highest BCUT2D eigenvalue weighted by molar-refractivity contribution is 6.16. The summed E-state index contributed by atoms with van der Waals surface area (Å²) in [5.41, 5.74) is 4.07. The van der Waals surface area contributed by atoms with E-state index in [-0.39, 0.29) is 5.75 Å². The van der Waals surface area contributed by atoms with E-state index < -0.39 is 0 Å². The van der Waals surface area contributed by atoms with E-state index in [0.29, 0.717) is 34.7 Å². The fourth-order valence-corrected chi connectivity index (χ4v) is 2.88. The van der Waals surface area contributed by atoms with E-state index in [4.69, 9.17) is 5.84 Å². The van der Waals surface area contributed by atoms with Gasteiger partial charge in [-0.25, -0.2) is 15.0 Å².